The zero-order chi connectivity index (χ0) is 13.4. The van der Waals surface area contributed by atoms with Gasteiger partial charge in [0.1, 0.15) is 5.75 Å². The average Bonchev–Trinajstić information content (AvgIpc) is 2.38. The number of nitrogens with zero attached hydrogens (tertiary/aromatic N) is 1. The first-order valence-electron chi connectivity index (χ1n) is 5.07. The minimum Gasteiger partial charge on any atom is -0.496 e. The first-order valence-corrected chi connectivity index (χ1v) is 5.07. The summed E-state index contributed by atoms with van der Waals surface area (Å²) in [6.07, 6.45) is 4.67. The van der Waals surface area contributed by atoms with E-state index in [9.17, 15) is 9.59 Å². The number of nitrogens with two attached hydrogens (primary N) is 1. The minimum atomic E-state index is -1.08. The second-order valence-electron chi connectivity index (χ2n) is 3.18. The van der Waals surface area contributed by atoms with Crippen LogP contribution < -0.4 is 15.9 Å². The van der Waals surface area contributed by atoms with Crippen LogP contribution in [0.3, 0.4) is 0 Å². The molecule has 1 rings (SSSR count). The second-order valence-corrected chi connectivity index (χ2v) is 3.18. The summed E-state index contributed by atoms with van der Waals surface area (Å²) in [4.78, 5) is 21.1. The molecule has 0 radical (unpaired) electrons. The highest BCUT2D eigenvalue weighted by molar-refractivity contribution is 6.34. The quantitative estimate of drug-likeness (QED) is 0.455. The molecule has 0 fully saturated rings. The third-order valence-electron chi connectivity index (χ3n) is 1.97. The maximum atomic E-state index is 10.7. The Morgan fingerprint density at radius 2 is 2.11 bits per heavy atom. The van der Waals surface area contributed by atoms with Gasteiger partial charge >= 0.3 is 11.8 Å². The molecule has 0 saturated heterocycles. The fraction of sp³-hybridized carbons (Fsp3) is 0.0833. The largest absolute Gasteiger partial charge is 0.496 e. The van der Waals surface area contributed by atoms with Gasteiger partial charge in [-0.25, -0.2) is 5.43 Å². The molecule has 6 heteroatoms. The van der Waals surface area contributed by atoms with Gasteiger partial charge in [-0.05, 0) is 18.2 Å². The summed E-state index contributed by atoms with van der Waals surface area (Å²) in [7, 11) is 1.58. The zero-order valence-electron chi connectivity index (χ0n) is 9.79. The van der Waals surface area contributed by atoms with Gasteiger partial charge < -0.3 is 10.5 Å². The van der Waals surface area contributed by atoms with Crippen LogP contribution in [0.1, 0.15) is 5.56 Å². The van der Waals surface area contributed by atoms with Crippen LogP contribution in [0.25, 0.3) is 6.08 Å². The summed E-state index contributed by atoms with van der Waals surface area (Å²) in [6, 6.07) is 7.42. The Morgan fingerprint density at radius 1 is 1.39 bits per heavy atom. The number of hydrazone groups is 1. The van der Waals surface area contributed by atoms with Crippen LogP contribution >= 0.6 is 0 Å². The number of ether oxygens (including phenoxy) is 1. The Balaban J connectivity index is 2.57. The van der Waals surface area contributed by atoms with Crippen LogP contribution in [-0.4, -0.2) is 25.1 Å². The maximum absolute atomic E-state index is 10.7. The average molecular weight is 247 g/mol. The first-order chi connectivity index (χ1) is 8.65. The van der Waals surface area contributed by atoms with Crippen molar-refractivity contribution in [3.05, 3.63) is 35.9 Å². The second kappa shape index (κ2) is 6.85. The van der Waals surface area contributed by atoms with Crippen molar-refractivity contribution in [2.45, 2.75) is 0 Å². The van der Waals surface area contributed by atoms with Gasteiger partial charge in [0, 0.05) is 11.8 Å². The zero-order valence-corrected chi connectivity index (χ0v) is 9.79. The van der Waals surface area contributed by atoms with E-state index in [1.54, 1.807) is 19.3 Å². The van der Waals surface area contributed by atoms with Crippen LogP contribution in [0.4, 0.5) is 0 Å². The van der Waals surface area contributed by atoms with Crippen LogP contribution in [-0.2, 0) is 9.59 Å². The number of carbonyl (C=O) groups is 2. The van der Waals surface area contributed by atoms with Gasteiger partial charge in [0.15, 0.2) is 0 Å². The molecule has 0 aliphatic rings. The summed E-state index contributed by atoms with van der Waals surface area (Å²) in [6.45, 7) is 0. The normalized spacial score (nSPS) is 10.7. The number of carbonyl (C=O) groups excluding carboxylic acids is 2. The summed E-state index contributed by atoms with van der Waals surface area (Å²) in [5, 5.41) is 3.51. The Morgan fingerprint density at radius 3 is 2.78 bits per heavy atom. The molecule has 94 valence electrons. The number of rotatable bonds is 4. The molecular formula is C12H13N3O3. The van der Waals surface area contributed by atoms with E-state index < -0.39 is 11.8 Å². The van der Waals surface area contributed by atoms with Crippen molar-refractivity contribution >= 4 is 24.1 Å². The van der Waals surface area contributed by atoms with Crippen molar-refractivity contribution in [3.63, 3.8) is 0 Å². The van der Waals surface area contributed by atoms with E-state index in [1.165, 1.54) is 6.21 Å². The molecule has 0 aliphatic heterocycles. The van der Waals surface area contributed by atoms with Gasteiger partial charge in [-0.3, -0.25) is 9.59 Å². The van der Waals surface area contributed by atoms with Crippen molar-refractivity contribution in [1.82, 2.24) is 5.43 Å². The summed E-state index contributed by atoms with van der Waals surface area (Å²) in [5.41, 5.74) is 7.56. The first kappa shape index (κ1) is 13.4. The number of nitrogens with one attached hydrogen (secondary N) is 1. The molecule has 1 aromatic rings. The number of para-hydroxylation sites is 1. The van der Waals surface area contributed by atoms with Gasteiger partial charge in [0.25, 0.3) is 0 Å². The molecule has 0 unspecified atom stereocenters. The van der Waals surface area contributed by atoms with E-state index in [0.717, 1.165) is 11.3 Å². The molecule has 1 aromatic carbocycles. The van der Waals surface area contributed by atoms with E-state index in [2.05, 4.69) is 5.10 Å². The fourth-order valence-electron chi connectivity index (χ4n) is 1.14. The predicted molar refractivity (Wildman–Crippen MR) is 67.9 cm³/mol. The number of benzene rings is 1. The molecule has 0 saturated carbocycles. The van der Waals surface area contributed by atoms with Crippen LogP contribution in [0.2, 0.25) is 0 Å². The lowest BCUT2D eigenvalue weighted by Gasteiger charge is -2.02. The van der Waals surface area contributed by atoms with Gasteiger partial charge in [-0.2, -0.15) is 5.10 Å². The van der Waals surface area contributed by atoms with Gasteiger partial charge in [-0.15, -0.1) is 0 Å². The van der Waals surface area contributed by atoms with Crippen molar-refractivity contribution in [2.75, 3.05) is 7.11 Å². The third kappa shape index (κ3) is 4.09. The molecule has 0 bridgehead atoms. The lowest BCUT2D eigenvalue weighted by atomic mass is 10.2. The number of allylic oxidation sites excluding steroid dienone is 1. The summed E-state index contributed by atoms with van der Waals surface area (Å²) < 4.78 is 5.15. The fourth-order valence-corrected chi connectivity index (χ4v) is 1.14. The number of methoxy groups -OCH3 is 1. The molecule has 0 spiro atoms. The Labute approximate surface area is 104 Å². The smallest absolute Gasteiger partial charge is 0.329 e. The molecule has 3 N–H and O–H groups in total. The van der Waals surface area contributed by atoms with Crippen LogP contribution in [0, 0.1) is 0 Å². The standard InChI is InChI=1S/C12H13N3O3/c1-18-10-7-3-2-5-9(10)6-4-8-14-15-12(17)11(13)16/h2-8H,1H3,(H2,13,16)(H,15,17)/b6-4+,14-8-. The minimum absolute atomic E-state index is 0.725. The SMILES string of the molecule is COc1ccccc1/C=C/C=N\NC(=O)C(N)=O. The van der Waals surface area contributed by atoms with Crippen molar-refractivity contribution < 1.29 is 14.3 Å². The molecule has 18 heavy (non-hydrogen) atoms. The maximum Gasteiger partial charge on any atom is 0.329 e. The van der Waals surface area contributed by atoms with Crippen molar-refractivity contribution in [2.24, 2.45) is 10.8 Å². The molecule has 0 atom stereocenters. The van der Waals surface area contributed by atoms with Crippen molar-refractivity contribution in [1.29, 1.82) is 0 Å². The molecule has 2 amide bonds. The van der Waals surface area contributed by atoms with Gasteiger partial charge in [0.2, 0.25) is 0 Å². The van der Waals surface area contributed by atoms with E-state index in [0.29, 0.717) is 0 Å². The number of hydrogen-bond acceptors (Lipinski definition) is 4. The Bertz CT molecular complexity index is 495. The third-order valence-corrected chi connectivity index (χ3v) is 1.97. The predicted octanol–water partition coefficient (Wildman–Crippen LogP) is 0.296. The van der Waals surface area contributed by atoms with Gasteiger partial charge in [0.05, 0.1) is 7.11 Å². The van der Waals surface area contributed by atoms with E-state index in [-0.39, 0.29) is 0 Å². The van der Waals surface area contributed by atoms with Crippen molar-refractivity contribution in [3.8, 4) is 5.75 Å². The number of primary amides is 1. The van der Waals surface area contributed by atoms with E-state index >= 15 is 0 Å². The summed E-state index contributed by atoms with van der Waals surface area (Å²) >= 11 is 0. The van der Waals surface area contributed by atoms with Gasteiger partial charge in [-0.1, -0.05) is 18.2 Å². The monoisotopic (exact) mass is 247 g/mol. The van der Waals surface area contributed by atoms with E-state index in [1.807, 2.05) is 29.7 Å². The highest BCUT2D eigenvalue weighted by atomic mass is 16.5. The molecular weight excluding hydrogens is 234 g/mol. The molecule has 0 aliphatic carbocycles. The highest BCUT2D eigenvalue weighted by Crippen LogP contribution is 2.18. The molecule has 0 aromatic heterocycles. The Hall–Kier alpha value is -2.63. The topological polar surface area (TPSA) is 93.8 Å². The summed E-state index contributed by atoms with van der Waals surface area (Å²) in [5.74, 6) is -1.32. The lowest BCUT2D eigenvalue weighted by Crippen LogP contribution is -2.32. The van der Waals surface area contributed by atoms with Crippen LogP contribution in [0.5, 0.6) is 5.75 Å². The molecule has 6 nitrogen and oxygen atoms in total. The lowest BCUT2D eigenvalue weighted by molar-refractivity contribution is -0.137. The number of amides is 2. The van der Waals surface area contributed by atoms with E-state index in [4.69, 9.17) is 10.5 Å². The Kier molecular flexibility index (Phi) is 5.11. The molecule has 0 heterocycles. The van der Waals surface area contributed by atoms with Crippen LogP contribution in [0.15, 0.2) is 35.4 Å². The highest BCUT2D eigenvalue weighted by Gasteiger charge is 2.04. The number of hydrogen-bond donors (Lipinski definition) is 2.